The fourth-order valence-electron chi connectivity index (χ4n) is 3.44. The first-order chi connectivity index (χ1) is 18.3. The summed E-state index contributed by atoms with van der Waals surface area (Å²) in [6.45, 7) is 3.51. The number of rotatable bonds is 2. The average molecular weight is 512 g/mol. The molecule has 0 radical (unpaired) electrons. The zero-order valence-corrected chi connectivity index (χ0v) is 20.4. The molecule has 0 spiro atoms. The molecule has 3 heterocycles. The van der Waals surface area contributed by atoms with Gasteiger partial charge in [-0.25, -0.2) is 4.98 Å². The summed E-state index contributed by atoms with van der Waals surface area (Å²) in [6.07, 6.45) is 0.883. The zero-order chi connectivity index (χ0) is 27.1. The largest absolute Gasteiger partial charge is 0.433 e. The van der Waals surface area contributed by atoms with Crippen LogP contribution in [0.15, 0.2) is 87.9 Å². The van der Waals surface area contributed by atoms with Crippen molar-refractivity contribution in [3.8, 4) is 46.7 Å². The van der Waals surface area contributed by atoms with E-state index >= 15 is 0 Å². The van der Waals surface area contributed by atoms with Crippen LogP contribution in [0.5, 0.6) is 0 Å². The molecule has 5 rings (SSSR count). The van der Waals surface area contributed by atoms with Gasteiger partial charge < -0.3 is 9.05 Å². The van der Waals surface area contributed by atoms with Crippen LogP contribution in [0.2, 0.25) is 0 Å². The van der Waals surface area contributed by atoms with Crippen molar-refractivity contribution < 1.29 is 22.2 Å². The summed E-state index contributed by atoms with van der Waals surface area (Å²) < 4.78 is 48.3. The van der Waals surface area contributed by atoms with Gasteiger partial charge in [0, 0.05) is 11.1 Å². The van der Waals surface area contributed by atoms with Crippen molar-refractivity contribution in [3.63, 3.8) is 0 Å². The van der Waals surface area contributed by atoms with Crippen LogP contribution in [0.4, 0.5) is 13.2 Å². The third-order valence-corrected chi connectivity index (χ3v) is 5.32. The number of terminal acetylenes is 1. The predicted octanol–water partition coefficient (Wildman–Crippen LogP) is 7.09. The van der Waals surface area contributed by atoms with Gasteiger partial charge in [0.15, 0.2) is 0 Å². The van der Waals surface area contributed by atoms with Gasteiger partial charge in [0.25, 0.3) is 0 Å². The van der Waals surface area contributed by atoms with E-state index in [0.717, 1.165) is 28.5 Å². The molecule has 0 amide bonds. The number of aromatic nitrogens is 3. The first-order valence-electron chi connectivity index (χ1n) is 11.3. The maximum atomic E-state index is 12.7. The minimum absolute atomic E-state index is 0.0319. The Morgan fingerprint density at radius 3 is 1.74 bits per heavy atom. The van der Waals surface area contributed by atoms with E-state index in [1.807, 2.05) is 67.6 Å². The standard InChI is InChI=1S/C18H11F3N2O.C12H9NO/c1-12-15(17(23-24-12)13-6-3-2-4-7-13)11-10-14-8-5-9-16(22-14)18(19,20)21;1-3-11-9(2)14-13-12(11)10-7-5-4-6-8-10/h2-9H,1H3;1,4-8H,2H3. The molecule has 2 aromatic carbocycles. The van der Waals surface area contributed by atoms with Gasteiger partial charge in [0.05, 0.1) is 11.1 Å². The molecule has 5 aromatic rings. The van der Waals surface area contributed by atoms with Crippen molar-refractivity contribution in [2.75, 3.05) is 0 Å². The molecule has 3 aromatic heterocycles. The summed E-state index contributed by atoms with van der Waals surface area (Å²) in [5.74, 6) is 9.23. The number of alkyl halides is 3. The molecule has 5 nitrogen and oxygen atoms in total. The van der Waals surface area contributed by atoms with Crippen LogP contribution in [0.25, 0.3) is 22.5 Å². The van der Waals surface area contributed by atoms with Gasteiger partial charge in [-0.2, -0.15) is 13.2 Å². The van der Waals surface area contributed by atoms with Gasteiger partial charge >= 0.3 is 6.18 Å². The van der Waals surface area contributed by atoms with Gasteiger partial charge in [-0.15, -0.1) is 6.42 Å². The van der Waals surface area contributed by atoms with E-state index in [4.69, 9.17) is 15.5 Å². The molecule has 8 heteroatoms. The van der Waals surface area contributed by atoms with Crippen molar-refractivity contribution >= 4 is 0 Å². The Morgan fingerprint density at radius 1 is 0.684 bits per heavy atom. The molecule has 38 heavy (non-hydrogen) atoms. The highest BCUT2D eigenvalue weighted by Gasteiger charge is 2.32. The monoisotopic (exact) mass is 511 g/mol. The molecule has 0 unspecified atom stereocenters. The molecule has 0 aliphatic rings. The number of hydrogen-bond acceptors (Lipinski definition) is 5. The van der Waals surface area contributed by atoms with E-state index in [-0.39, 0.29) is 5.69 Å². The lowest BCUT2D eigenvalue weighted by Crippen LogP contribution is -2.08. The Hall–Kier alpha value is -5.08. The molecule has 0 aliphatic heterocycles. The minimum Gasteiger partial charge on any atom is -0.360 e. The molecule has 188 valence electrons. The van der Waals surface area contributed by atoms with Crippen molar-refractivity contribution in [2.45, 2.75) is 20.0 Å². The second-order valence-electron chi connectivity index (χ2n) is 7.96. The summed E-state index contributed by atoms with van der Waals surface area (Å²) in [4.78, 5) is 3.53. The van der Waals surface area contributed by atoms with Crippen molar-refractivity contribution in [3.05, 3.63) is 113 Å². The lowest BCUT2D eigenvalue weighted by Gasteiger charge is -2.04. The molecule has 0 bridgehead atoms. The quantitative estimate of drug-likeness (QED) is 0.237. The normalized spacial score (nSPS) is 10.5. The highest BCUT2D eigenvalue weighted by atomic mass is 19.4. The van der Waals surface area contributed by atoms with E-state index < -0.39 is 11.9 Å². The van der Waals surface area contributed by atoms with E-state index in [9.17, 15) is 13.2 Å². The Labute approximate surface area is 217 Å². The third kappa shape index (κ3) is 6.00. The number of aryl methyl sites for hydroxylation is 2. The van der Waals surface area contributed by atoms with Crippen LogP contribution in [0.3, 0.4) is 0 Å². The van der Waals surface area contributed by atoms with E-state index in [2.05, 4.69) is 33.1 Å². The smallest absolute Gasteiger partial charge is 0.360 e. The number of halogens is 3. The van der Waals surface area contributed by atoms with Crippen molar-refractivity contribution in [1.29, 1.82) is 0 Å². The number of pyridine rings is 1. The second kappa shape index (κ2) is 11.3. The summed E-state index contributed by atoms with van der Waals surface area (Å²) in [6, 6.07) is 22.6. The zero-order valence-electron chi connectivity index (χ0n) is 20.4. The molecular formula is C30H20F3N3O2. The molecule has 0 fully saturated rings. The Morgan fingerprint density at radius 2 is 1.21 bits per heavy atom. The van der Waals surface area contributed by atoms with Crippen LogP contribution >= 0.6 is 0 Å². The Balaban J connectivity index is 0.000000204. The SMILES string of the molecule is C#Cc1c(-c2ccccc2)noc1C.Cc1onc(-c2ccccc2)c1C#Cc1cccc(C(F)(F)F)n1. The van der Waals surface area contributed by atoms with Gasteiger partial charge in [-0.3, -0.25) is 0 Å². The molecule has 0 atom stereocenters. The Kier molecular flexibility index (Phi) is 7.74. The number of nitrogens with zero attached hydrogens (tertiary/aromatic N) is 3. The van der Waals surface area contributed by atoms with Crippen LogP contribution in [0.1, 0.15) is 34.0 Å². The summed E-state index contributed by atoms with van der Waals surface area (Å²) in [7, 11) is 0. The van der Waals surface area contributed by atoms with Gasteiger partial charge in [-0.1, -0.05) is 88.9 Å². The van der Waals surface area contributed by atoms with Gasteiger partial charge in [0.1, 0.15) is 34.3 Å². The maximum Gasteiger partial charge on any atom is 0.433 e. The topological polar surface area (TPSA) is 65.0 Å². The third-order valence-electron chi connectivity index (χ3n) is 5.32. The highest BCUT2D eigenvalue weighted by Crippen LogP contribution is 2.28. The van der Waals surface area contributed by atoms with Crippen molar-refractivity contribution in [1.82, 2.24) is 15.3 Å². The lowest BCUT2D eigenvalue weighted by atomic mass is 10.1. The number of benzene rings is 2. The minimum atomic E-state index is -4.50. The van der Waals surface area contributed by atoms with E-state index in [1.54, 1.807) is 6.92 Å². The van der Waals surface area contributed by atoms with Gasteiger partial charge in [0.2, 0.25) is 0 Å². The van der Waals surface area contributed by atoms with Gasteiger partial charge in [-0.05, 0) is 31.9 Å². The first kappa shape index (κ1) is 26.0. The fraction of sp³-hybridized carbons (Fsp3) is 0.100. The van der Waals surface area contributed by atoms with Crippen LogP contribution in [-0.2, 0) is 6.18 Å². The summed E-state index contributed by atoms with van der Waals surface area (Å²) >= 11 is 0. The predicted molar refractivity (Wildman–Crippen MR) is 137 cm³/mol. The van der Waals surface area contributed by atoms with Crippen molar-refractivity contribution in [2.24, 2.45) is 0 Å². The molecule has 0 N–H and O–H groups in total. The Bertz CT molecular complexity index is 1640. The highest BCUT2D eigenvalue weighted by molar-refractivity contribution is 5.68. The van der Waals surface area contributed by atoms with Crippen LogP contribution in [0, 0.1) is 38.0 Å². The molecule has 0 saturated carbocycles. The van der Waals surface area contributed by atoms with E-state index in [0.29, 0.717) is 22.8 Å². The van der Waals surface area contributed by atoms with Crippen LogP contribution < -0.4 is 0 Å². The molecular weight excluding hydrogens is 491 g/mol. The summed E-state index contributed by atoms with van der Waals surface area (Å²) in [5.41, 5.74) is 3.41. The summed E-state index contributed by atoms with van der Waals surface area (Å²) in [5, 5.41) is 7.92. The molecule has 0 aliphatic carbocycles. The maximum absolute atomic E-state index is 12.7. The lowest BCUT2D eigenvalue weighted by molar-refractivity contribution is -0.141. The molecule has 0 saturated heterocycles. The first-order valence-corrected chi connectivity index (χ1v) is 11.3. The van der Waals surface area contributed by atoms with E-state index in [1.165, 1.54) is 12.1 Å². The average Bonchev–Trinajstić information content (AvgIpc) is 3.50. The fourth-order valence-corrected chi connectivity index (χ4v) is 3.44. The second-order valence-corrected chi connectivity index (χ2v) is 7.96. The van der Waals surface area contributed by atoms with Crippen LogP contribution in [-0.4, -0.2) is 15.3 Å². The number of hydrogen-bond donors (Lipinski definition) is 0.